The van der Waals surface area contributed by atoms with Crippen LogP contribution in [0.5, 0.6) is 5.75 Å². The van der Waals surface area contributed by atoms with Crippen molar-refractivity contribution in [3.63, 3.8) is 0 Å². The molecule has 2 fully saturated rings. The van der Waals surface area contributed by atoms with Crippen molar-refractivity contribution in [2.45, 2.75) is 69.7 Å². The largest absolute Gasteiger partial charge is 0.496 e. The third kappa shape index (κ3) is 3.56. The number of fused-ring (bicyclic) bond motifs is 2. The summed E-state index contributed by atoms with van der Waals surface area (Å²) in [5.41, 5.74) is -2.81. The summed E-state index contributed by atoms with van der Waals surface area (Å²) in [5.74, 6) is 0.893. The lowest BCUT2D eigenvalue weighted by Crippen LogP contribution is -2.69. The third-order valence-electron chi connectivity index (χ3n) is 6.28. The van der Waals surface area contributed by atoms with Gasteiger partial charge in [-0.2, -0.15) is 0 Å². The maximum Gasteiger partial charge on any atom is 0.339 e. The number of allylic oxidation sites excluding steroid dienone is 4. The van der Waals surface area contributed by atoms with Gasteiger partial charge < -0.3 is 28.8 Å². The Labute approximate surface area is 176 Å². The first kappa shape index (κ1) is 22.5. The van der Waals surface area contributed by atoms with E-state index in [-0.39, 0.29) is 6.10 Å². The Morgan fingerprint density at radius 2 is 1.73 bits per heavy atom. The molecule has 2 saturated heterocycles. The normalized spacial score (nSPS) is 38.9. The van der Waals surface area contributed by atoms with Crippen LogP contribution in [0, 0.1) is 6.92 Å². The highest BCUT2D eigenvalue weighted by atomic mass is 16.6. The number of aliphatic hydroxyl groups is 2. The maximum absolute atomic E-state index is 11.6. The van der Waals surface area contributed by atoms with Gasteiger partial charge in [-0.25, -0.2) is 4.79 Å². The molecule has 0 amide bonds. The number of ether oxygens (including phenoxy) is 3. The van der Waals surface area contributed by atoms with Crippen molar-refractivity contribution in [3.8, 4) is 5.75 Å². The van der Waals surface area contributed by atoms with E-state index in [9.17, 15) is 15.0 Å². The molecule has 3 rings (SSSR count). The van der Waals surface area contributed by atoms with Crippen LogP contribution in [0.15, 0.2) is 45.7 Å². The minimum atomic E-state index is -1.11. The summed E-state index contributed by atoms with van der Waals surface area (Å²) in [7, 11) is 1.50. The average molecular weight is 418 g/mol. The smallest absolute Gasteiger partial charge is 0.339 e. The molecule has 1 aromatic rings. The van der Waals surface area contributed by atoms with E-state index < -0.39 is 34.6 Å². The second-order valence-corrected chi connectivity index (χ2v) is 8.44. The van der Waals surface area contributed by atoms with Crippen molar-refractivity contribution >= 4 is 6.08 Å². The SMILES string of the molecule is COc1cc(=O)oc(/C=C/C=C/C=C/[C@]2(C)O[C@@]3(C)C(O)[C@](C)(O[C@H]3C)[C@H]2O)c1C. The van der Waals surface area contributed by atoms with Gasteiger partial charge in [0.25, 0.3) is 0 Å². The molecule has 0 spiro atoms. The summed E-state index contributed by atoms with van der Waals surface area (Å²) >= 11 is 0. The molecule has 2 N–H and O–H groups in total. The molecule has 7 heteroatoms. The molecule has 30 heavy (non-hydrogen) atoms. The number of hydrogen-bond donors (Lipinski definition) is 2. The van der Waals surface area contributed by atoms with Gasteiger partial charge in [0.15, 0.2) is 0 Å². The zero-order chi connectivity index (χ0) is 22.3. The highest BCUT2D eigenvalue weighted by Gasteiger charge is 2.70. The molecule has 3 heterocycles. The number of methoxy groups -OCH3 is 1. The van der Waals surface area contributed by atoms with Gasteiger partial charge in [-0.15, -0.1) is 0 Å². The highest BCUT2D eigenvalue weighted by Crippen LogP contribution is 2.52. The van der Waals surface area contributed by atoms with E-state index in [0.29, 0.717) is 11.5 Å². The second kappa shape index (κ2) is 7.81. The summed E-state index contributed by atoms with van der Waals surface area (Å²) in [4.78, 5) is 11.6. The first-order valence-corrected chi connectivity index (χ1v) is 9.93. The summed E-state index contributed by atoms with van der Waals surface area (Å²) < 4.78 is 22.4. The zero-order valence-corrected chi connectivity index (χ0v) is 18.2. The molecule has 2 aliphatic heterocycles. The highest BCUT2D eigenvalue weighted by molar-refractivity contribution is 5.52. The average Bonchev–Trinajstić information content (AvgIpc) is 2.82. The Hall–Kier alpha value is -2.19. The van der Waals surface area contributed by atoms with Crippen LogP contribution in [0.3, 0.4) is 0 Å². The van der Waals surface area contributed by atoms with E-state index in [0.717, 1.165) is 5.56 Å². The number of rotatable bonds is 5. The monoisotopic (exact) mass is 418 g/mol. The molecule has 7 nitrogen and oxygen atoms in total. The third-order valence-corrected chi connectivity index (χ3v) is 6.28. The molecular formula is C23H30O7. The van der Waals surface area contributed by atoms with Crippen LogP contribution in [0.2, 0.25) is 0 Å². The Morgan fingerprint density at radius 1 is 1.07 bits per heavy atom. The van der Waals surface area contributed by atoms with Crippen LogP contribution in [0.25, 0.3) is 6.08 Å². The molecule has 2 aliphatic rings. The van der Waals surface area contributed by atoms with Crippen LogP contribution in [-0.2, 0) is 9.47 Å². The minimum absolute atomic E-state index is 0.360. The standard InChI is InChI=1S/C23H30O7/c1-14-16(28-18(24)13-17(14)27-6)11-9-7-8-10-12-21(3)19(25)23(5)20(26)22(4,30-21)15(2)29-23/h7-13,15,19-20,25-26H,1-6H3/b8-7+,11-9+,12-10+/t15-,19-,20?,21-,22+,23+/m0/s1. The lowest BCUT2D eigenvalue weighted by atomic mass is 9.73. The van der Waals surface area contributed by atoms with Crippen LogP contribution in [0.4, 0.5) is 0 Å². The Bertz CT molecular complexity index is 945. The minimum Gasteiger partial charge on any atom is -0.496 e. The summed E-state index contributed by atoms with van der Waals surface area (Å²) in [6.07, 6.45) is 8.11. The lowest BCUT2D eigenvalue weighted by molar-refractivity contribution is -0.261. The van der Waals surface area contributed by atoms with Crippen molar-refractivity contribution in [1.82, 2.24) is 0 Å². The summed E-state index contributed by atoms with van der Waals surface area (Å²) in [5, 5.41) is 21.5. The van der Waals surface area contributed by atoms with Crippen LogP contribution in [-0.4, -0.2) is 52.4 Å². The molecule has 1 unspecified atom stereocenters. The van der Waals surface area contributed by atoms with Gasteiger partial charge in [0.2, 0.25) is 0 Å². The van der Waals surface area contributed by atoms with Crippen molar-refractivity contribution in [1.29, 1.82) is 0 Å². The molecule has 0 aromatic carbocycles. The van der Waals surface area contributed by atoms with Gasteiger partial charge in [-0.1, -0.05) is 30.4 Å². The van der Waals surface area contributed by atoms with Crippen molar-refractivity contribution < 1.29 is 28.8 Å². The zero-order valence-electron chi connectivity index (χ0n) is 18.2. The fourth-order valence-electron chi connectivity index (χ4n) is 4.37. The summed E-state index contributed by atoms with van der Waals surface area (Å²) in [6, 6.07) is 1.30. The molecule has 0 saturated carbocycles. The molecule has 1 aromatic heterocycles. The van der Waals surface area contributed by atoms with Gasteiger partial charge in [-0.05, 0) is 40.7 Å². The van der Waals surface area contributed by atoms with Gasteiger partial charge >= 0.3 is 5.63 Å². The van der Waals surface area contributed by atoms with Gasteiger partial charge in [0.05, 0.1) is 19.3 Å². The Balaban J connectivity index is 1.74. The lowest BCUT2D eigenvalue weighted by Gasteiger charge is -2.51. The second-order valence-electron chi connectivity index (χ2n) is 8.44. The van der Waals surface area contributed by atoms with Crippen LogP contribution >= 0.6 is 0 Å². The quantitative estimate of drug-likeness (QED) is 0.709. The van der Waals surface area contributed by atoms with E-state index >= 15 is 0 Å². The summed E-state index contributed by atoms with van der Waals surface area (Å²) in [6.45, 7) is 8.92. The van der Waals surface area contributed by atoms with E-state index in [1.165, 1.54) is 13.2 Å². The Morgan fingerprint density at radius 3 is 2.40 bits per heavy atom. The predicted molar refractivity (Wildman–Crippen MR) is 112 cm³/mol. The molecule has 2 bridgehead atoms. The topological polar surface area (TPSA) is 98.4 Å². The van der Waals surface area contributed by atoms with Crippen LogP contribution < -0.4 is 10.4 Å². The van der Waals surface area contributed by atoms with Crippen LogP contribution in [0.1, 0.15) is 39.0 Å². The van der Waals surface area contributed by atoms with Gasteiger partial charge in [-0.3, -0.25) is 0 Å². The van der Waals surface area contributed by atoms with E-state index in [4.69, 9.17) is 18.6 Å². The molecule has 164 valence electrons. The van der Waals surface area contributed by atoms with E-state index in [1.54, 1.807) is 64.2 Å². The number of aliphatic hydroxyl groups excluding tert-OH is 2. The predicted octanol–water partition coefficient (Wildman–Crippen LogP) is 2.53. The van der Waals surface area contributed by atoms with Gasteiger partial charge in [0, 0.05) is 5.56 Å². The fourth-order valence-corrected chi connectivity index (χ4v) is 4.37. The van der Waals surface area contributed by atoms with Crippen molar-refractivity contribution in [2.75, 3.05) is 7.11 Å². The number of hydrogen-bond acceptors (Lipinski definition) is 7. The Kier molecular flexibility index (Phi) is 5.86. The van der Waals surface area contributed by atoms with Gasteiger partial charge in [0.1, 0.15) is 40.5 Å². The van der Waals surface area contributed by atoms with E-state index in [1.807, 2.05) is 6.92 Å². The maximum atomic E-state index is 11.6. The fraction of sp³-hybridized carbons (Fsp3) is 0.522. The van der Waals surface area contributed by atoms with Crippen molar-refractivity contribution in [3.05, 3.63) is 58.2 Å². The molecule has 6 atom stereocenters. The van der Waals surface area contributed by atoms with E-state index in [2.05, 4.69) is 0 Å². The molecule has 0 radical (unpaired) electrons. The molecular weight excluding hydrogens is 388 g/mol. The van der Waals surface area contributed by atoms with Crippen molar-refractivity contribution in [2.24, 2.45) is 0 Å². The molecule has 0 aliphatic carbocycles. The first-order chi connectivity index (χ1) is 14.0. The first-order valence-electron chi connectivity index (χ1n) is 9.93.